The summed E-state index contributed by atoms with van der Waals surface area (Å²) in [6.07, 6.45) is 0. The Morgan fingerprint density at radius 2 is 2.00 bits per heavy atom. The summed E-state index contributed by atoms with van der Waals surface area (Å²) in [5, 5.41) is 4.85. The molecule has 0 aromatic heterocycles. The molecule has 0 aliphatic rings. The van der Waals surface area contributed by atoms with E-state index >= 15 is 0 Å². The number of hydrogen-bond donors (Lipinski definition) is 2. The SMILES string of the molecule is CNCNN(C)C. The summed E-state index contributed by atoms with van der Waals surface area (Å²) in [5.41, 5.74) is 3.02. The maximum absolute atomic E-state index is 3.02. The molecule has 0 heterocycles. The lowest BCUT2D eigenvalue weighted by molar-refractivity contribution is 0.282. The highest BCUT2D eigenvalue weighted by Crippen LogP contribution is 1.55. The number of nitrogens with one attached hydrogen (secondary N) is 2. The fourth-order valence-electron chi connectivity index (χ4n) is 0.237. The predicted octanol–water partition coefficient (Wildman–Crippen LogP) is -0.770. The first kappa shape index (κ1) is 6.88. The van der Waals surface area contributed by atoms with Crippen LogP contribution in [-0.4, -0.2) is 32.8 Å². The van der Waals surface area contributed by atoms with Gasteiger partial charge in [0.05, 0.1) is 6.67 Å². The van der Waals surface area contributed by atoms with E-state index < -0.39 is 0 Å². The predicted molar refractivity (Wildman–Crippen MR) is 30.7 cm³/mol. The van der Waals surface area contributed by atoms with E-state index in [1.807, 2.05) is 26.2 Å². The lowest BCUT2D eigenvalue weighted by Gasteiger charge is -2.09. The Bertz CT molecular complexity index is 35.9. The Morgan fingerprint density at radius 3 is 2.14 bits per heavy atom. The number of hydrogen-bond acceptors (Lipinski definition) is 3. The summed E-state index contributed by atoms with van der Waals surface area (Å²) < 4.78 is 0. The molecule has 0 saturated carbocycles. The Morgan fingerprint density at radius 1 is 1.43 bits per heavy atom. The van der Waals surface area contributed by atoms with Crippen molar-refractivity contribution in [3.63, 3.8) is 0 Å². The van der Waals surface area contributed by atoms with Crippen molar-refractivity contribution >= 4 is 0 Å². The molecule has 0 bridgehead atoms. The monoisotopic (exact) mass is 103 g/mol. The maximum Gasteiger partial charge on any atom is 0.0589 e. The van der Waals surface area contributed by atoms with Crippen LogP contribution in [-0.2, 0) is 0 Å². The molecule has 0 atom stereocenters. The zero-order valence-corrected chi connectivity index (χ0v) is 5.15. The Balaban J connectivity index is 2.68. The second kappa shape index (κ2) is 4.05. The minimum Gasteiger partial charge on any atom is -0.307 e. The van der Waals surface area contributed by atoms with Crippen LogP contribution >= 0.6 is 0 Å². The Labute approximate surface area is 44.7 Å². The fraction of sp³-hybridized carbons (Fsp3) is 1.00. The van der Waals surface area contributed by atoms with E-state index in [1.165, 1.54) is 0 Å². The topological polar surface area (TPSA) is 27.3 Å². The van der Waals surface area contributed by atoms with Gasteiger partial charge >= 0.3 is 0 Å². The fourth-order valence-corrected chi connectivity index (χ4v) is 0.237. The maximum atomic E-state index is 3.02. The van der Waals surface area contributed by atoms with E-state index in [9.17, 15) is 0 Å². The number of nitrogens with zero attached hydrogens (tertiary/aromatic N) is 1. The van der Waals surface area contributed by atoms with E-state index in [0.29, 0.717) is 0 Å². The minimum absolute atomic E-state index is 0.826. The van der Waals surface area contributed by atoms with Gasteiger partial charge in [0.15, 0.2) is 0 Å². The average Bonchev–Trinajstić information content (AvgIpc) is 1.61. The van der Waals surface area contributed by atoms with Gasteiger partial charge in [0.2, 0.25) is 0 Å². The summed E-state index contributed by atoms with van der Waals surface area (Å²) in [6.45, 7) is 0.826. The van der Waals surface area contributed by atoms with Crippen LogP contribution in [0.15, 0.2) is 0 Å². The highest BCUT2D eigenvalue weighted by atomic mass is 15.5. The van der Waals surface area contributed by atoms with Crippen molar-refractivity contribution in [2.45, 2.75) is 0 Å². The first-order valence-electron chi connectivity index (χ1n) is 2.33. The van der Waals surface area contributed by atoms with Crippen molar-refractivity contribution in [3.05, 3.63) is 0 Å². The van der Waals surface area contributed by atoms with Gasteiger partial charge in [-0.3, -0.25) is 0 Å². The third-order valence-electron chi connectivity index (χ3n) is 0.572. The van der Waals surface area contributed by atoms with Gasteiger partial charge in [0, 0.05) is 14.1 Å². The summed E-state index contributed by atoms with van der Waals surface area (Å²) in [4.78, 5) is 0. The Kier molecular flexibility index (Phi) is 3.98. The van der Waals surface area contributed by atoms with Crippen molar-refractivity contribution in [3.8, 4) is 0 Å². The number of hydrazine groups is 1. The first-order valence-corrected chi connectivity index (χ1v) is 2.33. The highest BCUT2D eigenvalue weighted by Gasteiger charge is 1.79. The second-order valence-electron chi connectivity index (χ2n) is 1.58. The molecule has 7 heavy (non-hydrogen) atoms. The molecule has 0 fully saturated rings. The third kappa shape index (κ3) is 5.88. The van der Waals surface area contributed by atoms with Crippen LogP contribution in [0.2, 0.25) is 0 Å². The van der Waals surface area contributed by atoms with Gasteiger partial charge in [0.1, 0.15) is 0 Å². The third-order valence-corrected chi connectivity index (χ3v) is 0.572. The summed E-state index contributed by atoms with van der Waals surface area (Å²) in [7, 11) is 5.81. The molecule has 0 spiro atoms. The van der Waals surface area contributed by atoms with Crippen LogP contribution < -0.4 is 10.7 Å². The van der Waals surface area contributed by atoms with Gasteiger partial charge in [-0.15, -0.1) is 0 Å². The van der Waals surface area contributed by atoms with Crippen molar-refractivity contribution in [2.75, 3.05) is 27.8 Å². The average molecular weight is 103 g/mol. The van der Waals surface area contributed by atoms with E-state index in [-0.39, 0.29) is 0 Å². The van der Waals surface area contributed by atoms with Gasteiger partial charge in [-0.1, -0.05) is 0 Å². The van der Waals surface area contributed by atoms with Crippen LogP contribution in [0.1, 0.15) is 0 Å². The molecule has 0 aliphatic carbocycles. The van der Waals surface area contributed by atoms with Crippen LogP contribution in [0.25, 0.3) is 0 Å². The van der Waals surface area contributed by atoms with Crippen LogP contribution in [0.4, 0.5) is 0 Å². The molecule has 0 saturated heterocycles. The van der Waals surface area contributed by atoms with Crippen LogP contribution in [0.3, 0.4) is 0 Å². The Hall–Kier alpha value is -0.120. The molecule has 0 radical (unpaired) electrons. The molecular formula is C4H13N3. The van der Waals surface area contributed by atoms with Gasteiger partial charge in [-0.2, -0.15) is 0 Å². The normalized spacial score (nSPS) is 10.3. The molecule has 0 aromatic carbocycles. The van der Waals surface area contributed by atoms with Crippen molar-refractivity contribution in [1.29, 1.82) is 0 Å². The lowest BCUT2D eigenvalue weighted by atomic mass is 11.0. The van der Waals surface area contributed by atoms with Gasteiger partial charge in [-0.25, -0.2) is 10.4 Å². The molecule has 0 aromatic rings. The molecule has 0 rings (SSSR count). The van der Waals surface area contributed by atoms with E-state index in [1.54, 1.807) is 0 Å². The zero-order chi connectivity index (χ0) is 5.70. The smallest absolute Gasteiger partial charge is 0.0589 e. The standard InChI is InChI=1S/C4H13N3/c1-5-4-6-7(2)3/h5-6H,4H2,1-3H3. The van der Waals surface area contributed by atoms with E-state index in [2.05, 4.69) is 10.7 Å². The molecule has 0 aliphatic heterocycles. The first-order chi connectivity index (χ1) is 3.27. The molecule has 2 N–H and O–H groups in total. The largest absolute Gasteiger partial charge is 0.307 e. The quantitative estimate of drug-likeness (QED) is 0.363. The molecule has 44 valence electrons. The zero-order valence-electron chi connectivity index (χ0n) is 5.15. The molecular weight excluding hydrogens is 90.1 g/mol. The van der Waals surface area contributed by atoms with Crippen molar-refractivity contribution in [1.82, 2.24) is 15.8 Å². The van der Waals surface area contributed by atoms with E-state index in [4.69, 9.17) is 0 Å². The summed E-state index contributed by atoms with van der Waals surface area (Å²) in [6, 6.07) is 0. The summed E-state index contributed by atoms with van der Waals surface area (Å²) in [5.74, 6) is 0. The van der Waals surface area contributed by atoms with E-state index in [0.717, 1.165) is 6.67 Å². The van der Waals surface area contributed by atoms with Crippen LogP contribution in [0, 0.1) is 0 Å². The van der Waals surface area contributed by atoms with Gasteiger partial charge in [0.25, 0.3) is 0 Å². The van der Waals surface area contributed by atoms with Crippen LogP contribution in [0.5, 0.6) is 0 Å². The molecule has 0 amide bonds. The molecule has 3 heteroatoms. The van der Waals surface area contributed by atoms with Crippen molar-refractivity contribution in [2.24, 2.45) is 0 Å². The summed E-state index contributed by atoms with van der Waals surface area (Å²) >= 11 is 0. The lowest BCUT2D eigenvalue weighted by Crippen LogP contribution is -2.36. The molecule has 0 unspecified atom stereocenters. The van der Waals surface area contributed by atoms with Crippen molar-refractivity contribution < 1.29 is 0 Å². The van der Waals surface area contributed by atoms with Gasteiger partial charge < -0.3 is 5.32 Å². The second-order valence-corrected chi connectivity index (χ2v) is 1.58. The van der Waals surface area contributed by atoms with Gasteiger partial charge in [-0.05, 0) is 7.05 Å². The highest BCUT2D eigenvalue weighted by molar-refractivity contribution is 4.28. The molecule has 3 nitrogen and oxygen atoms in total. The minimum atomic E-state index is 0.826. The number of rotatable bonds is 3.